The minimum Gasteiger partial charge on any atom is -0.480 e. The SMILES string of the molecule is CN[C@@H](C)C(=O)N[C@H](C(=O)N1CCC[C@H]1C(=O)N[C@H](C(=O)NCCCCNC(=O)COc1c(-c2csc(N3CCOCC3)n2)ccc(F)c1F)C(c1ccccc1)c1ccccc1)C1CCCCC1. The van der Waals surface area contributed by atoms with Gasteiger partial charge in [0.25, 0.3) is 5.91 Å². The third-order valence-corrected chi connectivity index (χ3v) is 14.2. The number of hydrogen-bond donors (Lipinski definition) is 5. The molecule has 4 aromatic rings. The van der Waals surface area contributed by atoms with Crippen LogP contribution in [-0.2, 0) is 28.7 Å². The van der Waals surface area contributed by atoms with Crippen molar-refractivity contribution in [1.29, 1.82) is 0 Å². The first-order chi connectivity index (χ1) is 33.5. The minimum atomic E-state index is -1.22. The van der Waals surface area contributed by atoms with Crippen LogP contribution in [0.3, 0.4) is 0 Å². The van der Waals surface area contributed by atoms with Crippen LogP contribution in [0.15, 0.2) is 78.2 Å². The van der Waals surface area contributed by atoms with E-state index >= 15 is 4.39 Å². The highest BCUT2D eigenvalue weighted by Crippen LogP contribution is 2.37. The van der Waals surface area contributed by atoms with Crippen LogP contribution in [0.2, 0.25) is 0 Å². The molecule has 3 heterocycles. The second kappa shape index (κ2) is 25.0. The molecule has 7 rings (SSSR count). The first-order valence-electron chi connectivity index (χ1n) is 24.2. The summed E-state index contributed by atoms with van der Waals surface area (Å²) in [7, 11) is 1.69. The number of carbonyl (C=O) groups is 5. The fraction of sp³-hybridized carbons (Fsp3) is 0.490. The Labute approximate surface area is 406 Å². The molecule has 2 saturated heterocycles. The van der Waals surface area contributed by atoms with Gasteiger partial charge in [-0.2, -0.15) is 4.39 Å². The van der Waals surface area contributed by atoms with Crippen molar-refractivity contribution in [1.82, 2.24) is 36.5 Å². The monoisotopic (exact) mass is 970 g/mol. The van der Waals surface area contributed by atoms with E-state index in [0.29, 0.717) is 64.2 Å². The van der Waals surface area contributed by atoms with Crippen molar-refractivity contribution >= 4 is 46.0 Å². The number of likely N-dealkylation sites (tertiary alicyclic amines) is 1. The topological polar surface area (TPSA) is 183 Å². The maximum Gasteiger partial charge on any atom is 0.257 e. The highest BCUT2D eigenvalue weighted by atomic mass is 32.1. The van der Waals surface area contributed by atoms with Gasteiger partial charge in [-0.3, -0.25) is 24.0 Å². The van der Waals surface area contributed by atoms with Gasteiger partial charge < -0.3 is 45.9 Å². The molecule has 370 valence electrons. The number of carbonyl (C=O) groups excluding carboxylic acids is 5. The van der Waals surface area contributed by atoms with Crippen LogP contribution in [0, 0.1) is 17.6 Å². The molecule has 0 radical (unpaired) electrons. The van der Waals surface area contributed by atoms with Gasteiger partial charge in [0.1, 0.15) is 18.1 Å². The zero-order valence-corrected chi connectivity index (χ0v) is 40.2. The van der Waals surface area contributed by atoms with Crippen LogP contribution < -0.4 is 36.2 Å². The number of morpholine rings is 1. The Morgan fingerprint density at radius 2 is 1.48 bits per heavy atom. The van der Waals surface area contributed by atoms with Crippen molar-refractivity contribution in [2.45, 2.75) is 94.8 Å². The lowest BCUT2D eigenvalue weighted by Gasteiger charge is -2.36. The second-order valence-corrected chi connectivity index (χ2v) is 18.7. The fourth-order valence-corrected chi connectivity index (χ4v) is 10.2. The molecule has 1 aliphatic carbocycles. The molecule has 5 amide bonds. The lowest BCUT2D eigenvalue weighted by Crippen LogP contribution is -2.59. The Morgan fingerprint density at radius 1 is 0.812 bits per heavy atom. The standard InChI is InChI=1S/C51H64F2N8O7S/c1-33(54-2)47(63)58-44(36-19-10-5-11-20-36)50(66)61-26-14-21-40(61)48(64)59-45(42(34-15-6-3-7-16-34)35-17-8-4-9-18-35)49(65)56-25-13-12-24-55-41(62)31-68-46-37(22-23-38(52)43(46)53)39-32-69-51(57-39)60-27-29-67-30-28-60/h3-4,6-9,15-18,22-23,32-33,36,40,42,44-45,54H,5,10-14,19-21,24-31H2,1-2H3,(H,55,62)(H,56,65)(H,58,63)(H,59,64)/t33-,40-,44-,45-/m0/s1. The molecule has 1 saturated carbocycles. The van der Waals surface area contributed by atoms with Crippen molar-refractivity contribution in [2.24, 2.45) is 5.92 Å². The molecule has 69 heavy (non-hydrogen) atoms. The molecular formula is C51H64F2N8O7S. The molecule has 15 nitrogen and oxygen atoms in total. The molecule has 0 spiro atoms. The summed E-state index contributed by atoms with van der Waals surface area (Å²) in [5.41, 5.74) is 2.24. The van der Waals surface area contributed by atoms with Gasteiger partial charge in [0.15, 0.2) is 23.3 Å². The van der Waals surface area contributed by atoms with E-state index in [2.05, 4.69) is 36.5 Å². The van der Waals surface area contributed by atoms with Crippen molar-refractivity contribution in [3.8, 4) is 17.0 Å². The van der Waals surface area contributed by atoms with E-state index in [4.69, 9.17) is 9.47 Å². The van der Waals surface area contributed by atoms with Crippen LogP contribution in [0.1, 0.15) is 81.8 Å². The number of ether oxygens (including phenoxy) is 2. The summed E-state index contributed by atoms with van der Waals surface area (Å²) in [6.45, 7) is 4.40. The normalized spacial score (nSPS) is 17.7. The summed E-state index contributed by atoms with van der Waals surface area (Å²) in [6, 6.07) is 18.1. The molecule has 0 bridgehead atoms. The summed E-state index contributed by atoms with van der Waals surface area (Å²) in [5, 5.41) is 17.3. The van der Waals surface area contributed by atoms with Crippen LogP contribution in [-0.4, -0.2) is 123 Å². The number of halogens is 2. The number of thiazole rings is 1. The fourth-order valence-electron chi connectivity index (χ4n) is 9.34. The molecule has 5 N–H and O–H groups in total. The number of anilines is 1. The van der Waals surface area contributed by atoms with Crippen molar-refractivity contribution in [2.75, 3.05) is 64.5 Å². The van der Waals surface area contributed by atoms with Gasteiger partial charge in [-0.05, 0) is 81.7 Å². The number of hydrogen-bond acceptors (Lipinski definition) is 11. The molecule has 0 unspecified atom stereocenters. The predicted molar refractivity (Wildman–Crippen MR) is 260 cm³/mol. The summed E-state index contributed by atoms with van der Waals surface area (Å²) in [5.74, 6) is -5.35. The van der Waals surface area contributed by atoms with Gasteiger partial charge in [0.05, 0.1) is 24.9 Å². The maximum absolute atomic E-state index is 15.1. The molecule has 4 atom stereocenters. The number of unbranched alkanes of at least 4 members (excludes halogenated alkanes) is 1. The maximum atomic E-state index is 15.1. The van der Waals surface area contributed by atoms with Crippen LogP contribution in [0.4, 0.5) is 13.9 Å². The molecule has 3 aromatic carbocycles. The van der Waals surface area contributed by atoms with E-state index in [9.17, 15) is 28.4 Å². The number of benzene rings is 3. The van der Waals surface area contributed by atoms with Crippen molar-refractivity contribution < 1.29 is 42.2 Å². The van der Waals surface area contributed by atoms with Crippen molar-refractivity contribution in [3.05, 3.63) is 101 Å². The summed E-state index contributed by atoms with van der Waals surface area (Å²) in [6.07, 6.45) is 6.51. The Hall–Kier alpha value is -5.98. The highest BCUT2D eigenvalue weighted by molar-refractivity contribution is 7.14. The van der Waals surface area contributed by atoms with E-state index in [1.807, 2.05) is 60.7 Å². The van der Waals surface area contributed by atoms with Gasteiger partial charge >= 0.3 is 0 Å². The lowest BCUT2D eigenvalue weighted by molar-refractivity contribution is -0.143. The molecule has 2 aliphatic heterocycles. The number of aromatic nitrogens is 1. The van der Waals surface area contributed by atoms with E-state index in [1.54, 1.807) is 24.3 Å². The smallest absolute Gasteiger partial charge is 0.257 e. The first-order valence-corrected chi connectivity index (χ1v) is 25.0. The lowest BCUT2D eigenvalue weighted by atomic mass is 9.83. The predicted octanol–water partition coefficient (Wildman–Crippen LogP) is 5.30. The van der Waals surface area contributed by atoms with Crippen molar-refractivity contribution in [3.63, 3.8) is 0 Å². The van der Waals surface area contributed by atoms with E-state index in [1.165, 1.54) is 17.4 Å². The molecule has 1 aromatic heterocycles. The Kier molecular flexibility index (Phi) is 18.5. The highest BCUT2D eigenvalue weighted by Gasteiger charge is 2.43. The molecular weight excluding hydrogens is 907 g/mol. The van der Waals surface area contributed by atoms with Gasteiger partial charge in [-0.25, -0.2) is 9.37 Å². The Balaban J connectivity index is 0.978. The van der Waals surface area contributed by atoms with E-state index < -0.39 is 71.8 Å². The summed E-state index contributed by atoms with van der Waals surface area (Å²) >= 11 is 1.37. The van der Waals surface area contributed by atoms with E-state index in [-0.39, 0.29) is 36.4 Å². The number of nitrogens with one attached hydrogen (secondary N) is 5. The summed E-state index contributed by atoms with van der Waals surface area (Å²) < 4.78 is 40.5. The second-order valence-electron chi connectivity index (χ2n) is 17.9. The number of amides is 5. The largest absolute Gasteiger partial charge is 0.480 e. The van der Waals surface area contributed by atoms with Gasteiger partial charge in [0.2, 0.25) is 29.4 Å². The number of likely N-dealkylation sites (N-methyl/N-ethyl adjacent to an activating group) is 1. The average molecular weight is 971 g/mol. The first kappa shape index (κ1) is 50.9. The molecule has 3 fully saturated rings. The number of nitrogens with zero attached hydrogens (tertiary/aromatic N) is 3. The van der Waals surface area contributed by atoms with Crippen LogP contribution in [0.25, 0.3) is 11.3 Å². The molecule has 3 aliphatic rings. The van der Waals surface area contributed by atoms with Gasteiger partial charge in [-0.15, -0.1) is 11.3 Å². The third-order valence-electron chi connectivity index (χ3n) is 13.3. The third kappa shape index (κ3) is 13.2. The van der Waals surface area contributed by atoms with Gasteiger partial charge in [-0.1, -0.05) is 79.9 Å². The zero-order valence-electron chi connectivity index (χ0n) is 39.4. The van der Waals surface area contributed by atoms with Crippen LogP contribution >= 0.6 is 11.3 Å². The molecule has 18 heteroatoms. The summed E-state index contributed by atoms with van der Waals surface area (Å²) in [4.78, 5) is 77.8. The zero-order chi connectivity index (χ0) is 48.7. The Bertz CT molecular complexity index is 2310. The van der Waals surface area contributed by atoms with E-state index in [0.717, 1.165) is 54.4 Å². The quantitative estimate of drug-likeness (QED) is 0.0688. The van der Waals surface area contributed by atoms with Gasteiger partial charge in [0, 0.05) is 49.6 Å². The average Bonchev–Trinajstić information content (AvgIpc) is 4.09. The Morgan fingerprint density at radius 3 is 2.14 bits per heavy atom. The minimum absolute atomic E-state index is 0.0494. The van der Waals surface area contributed by atoms with Crippen LogP contribution in [0.5, 0.6) is 5.75 Å². The number of rotatable bonds is 21.